The largest absolute Gasteiger partial charge is 0.312 e. The van der Waals surface area contributed by atoms with Crippen LogP contribution in [0.1, 0.15) is 6.92 Å². The molecule has 0 spiro atoms. The lowest BCUT2D eigenvalue weighted by Crippen LogP contribution is -2.26. The molecule has 21 heavy (non-hydrogen) atoms. The van der Waals surface area contributed by atoms with Crippen molar-refractivity contribution in [1.82, 2.24) is 0 Å². The maximum atomic E-state index is 10.2. The van der Waals surface area contributed by atoms with E-state index in [9.17, 15) is 20.2 Å². The van der Waals surface area contributed by atoms with Gasteiger partial charge in [-0.1, -0.05) is 42.5 Å². The Morgan fingerprint density at radius 1 is 1.43 bits per heavy atom. The maximum absolute atomic E-state index is 10.2. The van der Waals surface area contributed by atoms with Crippen LogP contribution in [-0.4, -0.2) is 28.6 Å². The Hall–Kier alpha value is -2.47. The molecule has 0 amide bonds. The molecule has 1 atom stereocenters. The van der Waals surface area contributed by atoms with Crippen LogP contribution in [0.15, 0.2) is 36.5 Å². The van der Waals surface area contributed by atoms with E-state index in [4.69, 9.17) is 0 Å². The van der Waals surface area contributed by atoms with Crippen molar-refractivity contribution in [2.45, 2.75) is 13.0 Å². The molecule has 1 unspecified atom stereocenters. The fourth-order valence-corrected chi connectivity index (χ4v) is 1.67. The Morgan fingerprint density at radius 2 is 2.14 bits per heavy atom. The Labute approximate surface area is 125 Å². The number of allylic oxidation sites excluding steroid dienone is 5. The van der Waals surface area contributed by atoms with E-state index in [1.54, 1.807) is 24.3 Å². The molecule has 0 bridgehead atoms. The van der Waals surface area contributed by atoms with Gasteiger partial charge in [-0.05, 0) is 18.3 Å². The Bertz CT molecular complexity index is 492. The van der Waals surface area contributed by atoms with Crippen LogP contribution in [0.25, 0.3) is 0 Å². The molecule has 0 aliphatic rings. The highest BCUT2D eigenvalue weighted by molar-refractivity contribution is 8.03. The Morgan fingerprint density at radius 3 is 2.67 bits per heavy atom. The summed E-state index contributed by atoms with van der Waals surface area (Å²) in [6.07, 6.45) is 5.79. The van der Waals surface area contributed by atoms with E-state index in [-0.39, 0.29) is 5.75 Å². The lowest BCUT2D eigenvalue weighted by Gasteiger charge is -2.10. The number of hydrogen-bond donors (Lipinski definition) is 0. The standard InChI is InChI=1S/C12H14N2O6S/c1-3-5-11(6-4-2)7-8-21-10-12(20-14(17)18)9-19-13(15)16/h3-6,12H,1,9-10H2,2H3/b6-4-,11-5+. The van der Waals surface area contributed by atoms with E-state index >= 15 is 0 Å². The summed E-state index contributed by atoms with van der Waals surface area (Å²) in [5.41, 5.74) is 0.716. The molecule has 0 aromatic rings. The summed E-state index contributed by atoms with van der Waals surface area (Å²) in [5, 5.41) is 21.0. The van der Waals surface area contributed by atoms with Gasteiger partial charge >= 0.3 is 0 Å². The smallest absolute Gasteiger partial charge is 0.294 e. The molecule has 8 nitrogen and oxygen atoms in total. The molecule has 0 saturated heterocycles. The minimum Gasteiger partial charge on any atom is -0.312 e. The van der Waals surface area contributed by atoms with Crippen molar-refractivity contribution in [3.63, 3.8) is 0 Å². The van der Waals surface area contributed by atoms with Gasteiger partial charge in [0.15, 0.2) is 0 Å². The molecular weight excluding hydrogens is 300 g/mol. The third-order valence-corrected chi connectivity index (χ3v) is 2.57. The Balaban J connectivity index is 4.47. The first-order valence-electron chi connectivity index (χ1n) is 5.66. The summed E-state index contributed by atoms with van der Waals surface area (Å²) >= 11 is 1.03. The van der Waals surface area contributed by atoms with E-state index in [0.29, 0.717) is 5.57 Å². The van der Waals surface area contributed by atoms with Gasteiger partial charge < -0.3 is 9.68 Å². The summed E-state index contributed by atoms with van der Waals surface area (Å²) in [6.45, 7) is 4.85. The fraction of sp³-hybridized carbons (Fsp3) is 0.333. The zero-order valence-corrected chi connectivity index (χ0v) is 12.1. The Kier molecular flexibility index (Phi) is 10.0. The number of thioether (sulfide) groups is 1. The predicted molar refractivity (Wildman–Crippen MR) is 78.1 cm³/mol. The molecule has 0 fully saturated rings. The molecule has 0 aromatic heterocycles. The zero-order chi connectivity index (χ0) is 16.1. The van der Waals surface area contributed by atoms with Crippen LogP contribution in [0, 0.1) is 31.4 Å². The van der Waals surface area contributed by atoms with Crippen LogP contribution >= 0.6 is 11.8 Å². The normalized spacial score (nSPS) is 12.1. The van der Waals surface area contributed by atoms with E-state index in [1.807, 2.05) is 6.92 Å². The van der Waals surface area contributed by atoms with E-state index in [1.165, 1.54) is 0 Å². The third-order valence-electron chi connectivity index (χ3n) is 1.78. The van der Waals surface area contributed by atoms with Crippen molar-refractivity contribution in [3.05, 3.63) is 56.7 Å². The van der Waals surface area contributed by atoms with Crippen LogP contribution in [0.3, 0.4) is 0 Å². The molecule has 0 saturated carbocycles. The summed E-state index contributed by atoms with van der Waals surface area (Å²) in [5.74, 6) is 2.87. The van der Waals surface area contributed by atoms with Crippen molar-refractivity contribution in [2.24, 2.45) is 0 Å². The van der Waals surface area contributed by atoms with Gasteiger partial charge in [-0.2, -0.15) is 0 Å². The van der Waals surface area contributed by atoms with Gasteiger partial charge in [0.2, 0.25) is 0 Å². The van der Waals surface area contributed by atoms with Gasteiger partial charge in [-0.15, -0.1) is 20.2 Å². The highest BCUT2D eigenvalue weighted by Crippen LogP contribution is 2.07. The van der Waals surface area contributed by atoms with Gasteiger partial charge in [0.1, 0.15) is 12.7 Å². The van der Waals surface area contributed by atoms with Crippen molar-refractivity contribution >= 4 is 11.8 Å². The van der Waals surface area contributed by atoms with Crippen molar-refractivity contribution in [2.75, 3.05) is 12.4 Å². The lowest BCUT2D eigenvalue weighted by molar-refractivity contribution is -0.788. The summed E-state index contributed by atoms with van der Waals surface area (Å²) in [7, 11) is 0. The second-order valence-electron chi connectivity index (χ2n) is 3.37. The molecule has 9 heteroatoms. The van der Waals surface area contributed by atoms with Gasteiger partial charge in [0, 0.05) is 11.3 Å². The fourth-order valence-electron chi connectivity index (χ4n) is 1.05. The van der Waals surface area contributed by atoms with Gasteiger partial charge in [0.05, 0.1) is 0 Å². The maximum Gasteiger partial charge on any atom is 0.294 e. The zero-order valence-electron chi connectivity index (χ0n) is 11.3. The van der Waals surface area contributed by atoms with Crippen LogP contribution in [0.5, 0.6) is 0 Å². The van der Waals surface area contributed by atoms with Crippen LogP contribution in [-0.2, 0) is 9.68 Å². The average molecular weight is 314 g/mol. The average Bonchev–Trinajstić information content (AvgIpc) is 2.40. The molecule has 0 heterocycles. The lowest BCUT2D eigenvalue weighted by atomic mass is 10.2. The molecule has 0 radical (unpaired) electrons. The van der Waals surface area contributed by atoms with E-state index < -0.39 is 22.9 Å². The molecule has 114 valence electrons. The van der Waals surface area contributed by atoms with E-state index in [0.717, 1.165) is 11.8 Å². The SMILES string of the molecule is C=C/C=C(C#CSCC(CO[N+](=O)[O-])O[N+](=O)[O-])\C=C/C. The second-order valence-corrected chi connectivity index (χ2v) is 4.19. The van der Waals surface area contributed by atoms with Crippen molar-refractivity contribution < 1.29 is 19.8 Å². The van der Waals surface area contributed by atoms with Gasteiger partial charge in [0.25, 0.3) is 10.2 Å². The first kappa shape index (κ1) is 18.5. The summed E-state index contributed by atoms with van der Waals surface area (Å²) in [6, 6.07) is 0. The molecule has 0 N–H and O–H groups in total. The second kappa shape index (κ2) is 11.4. The highest BCUT2D eigenvalue weighted by Gasteiger charge is 2.15. The van der Waals surface area contributed by atoms with Gasteiger partial charge in [-0.25, -0.2) is 0 Å². The number of rotatable bonds is 9. The predicted octanol–water partition coefficient (Wildman–Crippen LogP) is 2.15. The quantitative estimate of drug-likeness (QED) is 0.278. The molecule has 0 aliphatic carbocycles. The molecule has 0 aliphatic heterocycles. The minimum atomic E-state index is -1.07. The molecule has 0 rings (SSSR count). The summed E-state index contributed by atoms with van der Waals surface area (Å²) in [4.78, 5) is 28.6. The highest BCUT2D eigenvalue weighted by atomic mass is 32.2. The van der Waals surface area contributed by atoms with Crippen molar-refractivity contribution in [1.29, 1.82) is 0 Å². The molecule has 0 aromatic carbocycles. The molecular formula is C12H14N2O6S. The number of nitrogens with zero attached hydrogens (tertiary/aromatic N) is 2. The van der Waals surface area contributed by atoms with E-state index in [2.05, 4.69) is 27.4 Å². The topological polar surface area (TPSA) is 105 Å². The minimum absolute atomic E-state index is 0.0546. The van der Waals surface area contributed by atoms with Gasteiger partial charge in [-0.3, -0.25) is 0 Å². The third kappa shape index (κ3) is 11.1. The summed E-state index contributed by atoms with van der Waals surface area (Å²) < 4.78 is 0. The monoisotopic (exact) mass is 314 g/mol. The first-order chi connectivity index (χ1) is 9.99. The van der Waals surface area contributed by atoms with Crippen LogP contribution in [0.4, 0.5) is 0 Å². The van der Waals surface area contributed by atoms with Crippen LogP contribution < -0.4 is 0 Å². The first-order valence-corrected chi connectivity index (χ1v) is 6.64. The number of hydrogen-bond acceptors (Lipinski definition) is 7. The van der Waals surface area contributed by atoms with Crippen LogP contribution in [0.2, 0.25) is 0 Å². The van der Waals surface area contributed by atoms with Crippen molar-refractivity contribution in [3.8, 4) is 11.2 Å².